The van der Waals surface area contributed by atoms with Gasteiger partial charge in [0.05, 0.1) is 6.61 Å². The minimum Gasteiger partial charge on any atom is -0.351 e. The molecule has 0 bridgehead atoms. The summed E-state index contributed by atoms with van der Waals surface area (Å²) >= 11 is 1.64. The molecule has 0 spiro atoms. The summed E-state index contributed by atoms with van der Waals surface area (Å²) in [7, 11) is 0. The first kappa shape index (κ1) is 16.5. The molecule has 2 heterocycles. The minimum absolute atomic E-state index is 0.0765. The maximum atomic E-state index is 12.6. The number of ether oxygens (including phenoxy) is 1. The van der Waals surface area contributed by atoms with Crippen LogP contribution in [0.25, 0.3) is 0 Å². The molecule has 0 N–H and O–H groups in total. The molecule has 23 heavy (non-hydrogen) atoms. The monoisotopic (exact) mass is 333 g/mol. The predicted octanol–water partition coefficient (Wildman–Crippen LogP) is 2.18. The summed E-state index contributed by atoms with van der Waals surface area (Å²) in [6, 6.07) is 9.77. The molecule has 1 fully saturated rings. The molecule has 3 rings (SSSR count). The second kappa shape index (κ2) is 7.47. The molecular formula is C17H23N3O2S. The van der Waals surface area contributed by atoms with E-state index in [0.29, 0.717) is 6.61 Å². The van der Waals surface area contributed by atoms with Crippen molar-refractivity contribution in [1.82, 2.24) is 9.80 Å². The van der Waals surface area contributed by atoms with Crippen LogP contribution < -0.4 is 0 Å². The first-order chi connectivity index (χ1) is 11.2. The minimum atomic E-state index is -0.323. The SMILES string of the molecule is CCN(CC)C1C(=O)N=C2SCCN2C1OCc1ccccc1. The van der Waals surface area contributed by atoms with E-state index in [-0.39, 0.29) is 18.2 Å². The van der Waals surface area contributed by atoms with Crippen molar-refractivity contribution in [3.8, 4) is 0 Å². The van der Waals surface area contributed by atoms with Gasteiger partial charge in [-0.25, -0.2) is 0 Å². The van der Waals surface area contributed by atoms with Gasteiger partial charge in [0.1, 0.15) is 6.04 Å². The molecule has 1 saturated heterocycles. The molecule has 0 aromatic heterocycles. The molecule has 6 heteroatoms. The van der Waals surface area contributed by atoms with Crippen molar-refractivity contribution in [1.29, 1.82) is 0 Å². The topological polar surface area (TPSA) is 45.1 Å². The number of nitrogens with zero attached hydrogens (tertiary/aromatic N) is 3. The van der Waals surface area contributed by atoms with Crippen molar-refractivity contribution in [2.75, 3.05) is 25.4 Å². The van der Waals surface area contributed by atoms with E-state index in [1.165, 1.54) is 0 Å². The fourth-order valence-electron chi connectivity index (χ4n) is 3.09. The van der Waals surface area contributed by atoms with Gasteiger partial charge >= 0.3 is 0 Å². The van der Waals surface area contributed by atoms with Crippen LogP contribution in [0.2, 0.25) is 0 Å². The predicted molar refractivity (Wildman–Crippen MR) is 93.3 cm³/mol. The van der Waals surface area contributed by atoms with E-state index < -0.39 is 0 Å². The lowest BCUT2D eigenvalue weighted by Crippen LogP contribution is -2.59. The molecule has 2 aliphatic rings. The van der Waals surface area contributed by atoms with E-state index >= 15 is 0 Å². The van der Waals surface area contributed by atoms with Crippen LogP contribution in [-0.2, 0) is 16.1 Å². The van der Waals surface area contributed by atoms with Gasteiger partial charge in [0.25, 0.3) is 5.91 Å². The molecule has 124 valence electrons. The summed E-state index contributed by atoms with van der Waals surface area (Å²) in [4.78, 5) is 21.2. The Labute approximate surface area is 141 Å². The molecule has 2 unspecified atom stereocenters. The highest BCUT2D eigenvalue weighted by Gasteiger charge is 2.44. The zero-order chi connectivity index (χ0) is 16.2. The number of carbonyl (C=O) groups is 1. The molecule has 2 aliphatic heterocycles. The summed E-state index contributed by atoms with van der Waals surface area (Å²) in [6.45, 7) is 7.15. The normalized spacial score (nSPS) is 24.0. The van der Waals surface area contributed by atoms with Crippen molar-refractivity contribution in [3.63, 3.8) is 0 Å². The van der Waals surface area contributed by atoms with Gasteiger partial charge in [0.2, 0.25) is 0 Å². The standard InChI is InChI=1S/C17H23N3O2S/c1-3-19(4-2)14-15(21)18-17-20(10-11-23-17)16(14)22-12-13-8-6-5-7-9-13/h5-9,14,16H,3-4,10-12H2,1-2H3. The Morgan fingerprint density at radius 1 is 1.30 bits per heavy atom. The molecule has 1 amide bonds. The Morgan fingerprint density at radius 3 is 2.74 bits per heavy atom. The second-order valence-electron chi connectivity index (χ2n) is 5.63. The fourth-order valence-corrected chi connectivity index (χ4v) is 4.08. The Bertz CT molecular complexity index is 574. The molecule has 1 aromatic carbocycles. The maximum Gasteiger partial charge on any atom is 0.270 e. The van der Waals surface area contributed by atoms with Crippen molar-refractivity contribution in [2.45, 2.75) is 32.7 Å². The number of aliphatic imine (C=N–C) groups is 1. The van der Waals surface area contributed by atoms with Crippen LogP contribution in [0.15, 0.2) is 35.3 Å². The molecule has 5 nitrogen and oxygen atoms in total. The van der Waals surface area contributed by atoms with Gasteiger partial charge < -0.3 is 9.64 Å². The zero-order valence-corrected chi connectivity index (χ0v) is 14.5. The lowest BCUT2D eigenvalue weighted by atomic mass is 10.1. The molecule has 0 radical (unpaired) electrons. The van der Waals surface area contributed by atoms with Crippen LogP contribution in [0.1, 0.15) is 19.4 Å². The number of rotatable bonds is 6. The Balaban J connectivity index is 1.82. The van der Waals surface area contributed by atoms with Crippen LogP contribution in [0.3, 0.4) is 0 Å². The number of amidine groups is 1. The number of hydrogen-bond acceptors (Lipinski definition) is 5. The first-order valence-corrected chi connectivity index (χ1v) is 9.14. The zero-order valence-electron chi connectivity index (χ0n) is 13.6. The molecule has 0 saturated carbocycles. The summed E-state index contributed by atoms with van der Waals surface area (Å²) in [5.74, 6) is 0.884. The van der Waals surface area contributed by atoms with Crippen molar-refractivity contribution in [3.05, 3.63) is 35.9 Å². The quantitative estimate of drug-likeness (QED) is 0.798. The third kappa shape index (κ3) is 3.44. The Hall–Kier alpha value is -1.37. The van der Waals surface area contributed by atoms with Crippen molar-refractivity contribution < 1.29 is 9.53 Å². The summed E-state index contributed by atoms with van der Waals surface area (Å²) in [5, 5.41) is 0.816. The van der Waals surface area contributed by atoms with Crippen molar-refractivity contribution in [2.24, 2.45) is 4.99 Å². The van der Waals surface area contributed by atoms with E-state index in [0.717, 1.165) is 36.1 Å². The van der Waals surface area contributed by atoms with Gasteiger partial charge in [-0.3, -0.25) is 9.69 Å². The Morgan fingerprint density at radius 2 is 2.04 bits per heavy atom. The maximum absolute atomic E-state index is 12.6. The average Bonchev–Trinajstić information content (AvgIpc) is 3.04. The molecule has 2 atom stereocenters. The first-order valence-electron chi connectivity index (χ1n) is 8.16. The second-order valence-corrected chi connectivity index (χ2v) is 6.69. The van der Waals surface area contributed by atoms with E-state index in [9.17, 15) is 4.79 Å². The van der Waals surface area contributed by atoms with Gasteiger partial charge in [0, 0.05) is 12.3 Å². The number of carbonyl (C=O) groups excluding carboxylic acids is 1. The summed E-state index contributed by atoms with van der Waals surface area (Å²) in [5.41, 5.74) is 1.12. The third-order valence-corrected chi connectivity index (χ3v) is 5.29. The van der Waals surface area contributed by atoms with Crippen LogP contribution >= 0.6 is 11.8 Å². The van der Waals surface area contributed by atoms with E-state index in [4.69, 9.17) is 4.74 Å². The molecular weight excluding hydrogens is 310 g/mol. The van der Waals surface area contributed by atoms with E-state index in [2.05, 4.69) is 28.6 Å². The number of amides is 1. The van der Waals surface area contributed by atoms with Crippen LogP contribution in [0.4, 0.5) is 0 Å². The molecule has 0 aliphatic carbocycles. The number of benzene rings is 1. The Kier molecular flexibility index (Phi) is 5.35. The highest BCUT2D eigenvalue weighted by molar-refractivity contribution is 8.14. The lowest BCUT2D eigenvalue weighted by molar-refractivity contribution is -0.141. The molecule has 1 aromatic rings. The van der Waals surface area contributed by atoms with E-state index in [1.807, 2.05) is 30.3 Å². The number of fused-ring (bicyclic) bond motifs is 1. The van der Waals surface area contributed by atoms with Crippen LogP contribution in [-0.4, -0.2) is 58.5 Å². The fraction of sp³-hybridized carbons (Fsp3) is 0.529. The van der Waals surface area contributed by atoms with Gasteiger partial charge in [-0.2, -0.15) is 4.99 Å². The van der Waals surface area contributed by atoms with Gasteiger partial charge in [0.15, 0.2) is 11.4 Å². The number of likely N-dealkylation sites (N-methyl/N-ethyl adjacent to an activating group) is 1. The lowest BCUT2D eigenvalue weighted by Gasteiger charge is -2.41. The van der Waals surface area contributed by atoms with Gasteiger partial charge in [-0.15, -0.1) is 0 Å². The number of hydrogen-bond donors (Lipinski definition) is 0. The largest absolute Gasteiger partial charge is 0.351 e. The average molecular weight is 333 g/mol. The van der Waals surface area contributed by atoms with Crippen molar-refractivity contribution >= 4 is 22.8 Å². The third-order valence-electron chi connectivity index (χ3n) is 4.31. The van der Waals surface area contributed by atoms with Gasteiger partial charge in [-0.05, 0) is 18.7 Å². The smallest absolute Gasteiger partial charge is 0.270 e. The van der Waals surface area contributed by atoms with Crippen LogP contribution in [0.5, 0.6) is 0 Å². The van der Waals surface area contributed by atoms with Crippen LogP contribution in [0, 0.1) is 0 Å². The van der Waals surface area contributed by atoms with Gasteiger partial charge in [-0.1, -0.05) is 55.9 Å². The number of thioether (sulfide) groups is 1. The highest BCUT2D eigenvalue weighted by Crippen LogP contribution is 2.29. The summed E-state index contributed by atoms with van der Waals surface area (Å²) in [6.07, 6.45) is -0.259. The highest BCUT2D eigenvalue weighted by atomic mass is 32.2. The summed E-state index contributed by atoms with van der Waals surface area (Å²) < 4.78 is 6.22. The van der Waals surface area contributed by atoms with E-state index in [1.54, 1.807) is 11.8 Å².